The summed E-state index contributed by atoms with van der Waals surface area (Å²) in [6.45, 7) is 0.974. The highest BCUT2D eigenvalue weighted by molar-refractivity contribution is 5.79. The fraction of sp³-hybridized carbons (Fsp3) is 0.238. The first-order valence-corrected chi connectivity index (χ1v) is 9.31. The molecule has 1 aliphatic heterocycles. The lowest BCUT2D eigenvalue weighted by Crippen LogP contribution is -2.30. The summed E-state index contributed by atoms with van der Waals surface area (Å²) in [6.07, 6.45) is 2.37. The van der Waals surface area contributed by atoms with Crippen LogP contribution in [-0.2, 0) is 11.2 Å². The van der Waals surface area contributed by atoms with Gasteiger partial charge in [-0.1, -0.05) is 12.1 Å². The number of hydrogen-bond donors (Lipinski definition) is 2. The molecule has 0 spiro atoms. The van der Waals surface area contributed by atoms with Crippen LogP contribution in [0.15, 0.2) is 58.3 Å². The smallest absolute Gasteiger partial charge is 0.257 e. The Balaban J connectivity index is 1.51. The maximum absolute atomic E-state index is 13.0. The van der Waals surface area contributed by atoms with Crippen LogP contribution in [0.25, 0.3) is 11.3 Å². The summed E-state index contributed by atoms with van der Waals surface area (Å²) in [4.78, 5) is 48.2. The van der Waals surface area contributed by atoms with Gasteiger partial charge in [-0.2, -0.15) is 0 Å². The number of pyridine rings is 1. The molecule has 0 unspecified atom stereocenters. The molecule has 0 saturated carbocycles. The van der Waals surface area contributed by atoms with E-state index in [0.29, 0.717) is 36.6 Å². The third-order valence-corrected chi connectivity index (χ3v) is 5.05. The highest BCUT2D eigenvalue weighted by Crippen LogP contribution is 2.25. The topological polar surface area (TPSA) is 98.9 Å². The van der Waals surface area contributed by atoms with E-state index in [0.717, 1.165) is 5.56 Å². The normalized spacial score (nSPS) is 16.2. The minimum atomic E-state index is -0.343. The third-order valence-electron chi connectivity index (χ3n) is 5.05. The van der Waals surface area contributed by atoms with Gasteiger partial charge in [0.25, 0.3) is 11.1 Å². The molecular weight excluding hydrogens is 375 g/mol. The van der Waals surface area contributed by atoms with E-state index < -0.39 is 0 Å². The molecule has 1 saturated heterocycles. The summed E-state index contributed by atoms with van der Waals surface area (Å²) in [6, 6.07) is 10.4. The van der Waals surface area contributed by atoms with E-state index in [1.807, 2.05) is 0 Å². The first kappa shape index (κ1) is 18.8. The van der Waals surface area contributed by atoms with Crippen LogP contribution in [0.1, 0.15) is 23.7 Å². The summed E-state index contributed by atoms with van der Waals surface area (Å²) in [5.74, 6) is -0.0536. The first-order chi connectivity index (χ1) is 14.0. The number of nitrogens with zero attached hydrogens (tertiary/aromatic N) is 2. The van der Waals surface area contributed by atoms with Gasteiger partial charge in [0, 0.05) is 31.3 Å². The SMILES string of the molecule is O=C(Cc1ccc(F)cc1)N1CC[C@@H](c2nc(-c3ccc[nH]c3=O)cc(=O)[nH]2)C1. The number of halogens is 1. The van der Waals surface area contributed by atoms with Crippen LogP contribution in [0, 0.1) is 5.82 Å². The third kappa shape index (κ3) is 4.16. The van der Waals surface area contributed by atoms with Gasteiger partial charge in [0.2, 0.25) is 5.91 Å². The van der Waals surface area contributed by atoms with E-state index in [1.54, 1.807) is 29.2 Å². The number of benzene rings is 1. The van der Waals surface area contributed by atoms with Gasteiger partial charge in [-0.3, -0.25) is 14.4 Å². The summed E-state index contributed by atoms with van der Waals surface area (Å²) < 4.78 is 13.0. The van der Waals surface area contributed by atoms with Gasteiger partial charge in [0.1, 0.15) is 11.6 Å². The number of likely N-dealkylation sites (tertiary alicyclic amines) is 1. The largest absolute Gasteiger partial charge is 0.342 e. The standard InChI is InChI=1S/C21H19FN4O3/c22-15-5-3-13(4-6-15)10-19(28)26-9-7-14(12-26)20-24-17(11-18(27)25-20)16-2-1-8-23-21(16)29/h1-6,8,11,14H,7,9-10,12H2,(H,23,29)(H,24,25,27)/t14-/m1/s1. The van der Waals surface area contributed by atoms with Crippen LogP contribution in [0.3, 0.4) is 0 Å². The Morgan fingerprint density at radius 1 is 1.21 bits per heavy atom. The molecule has 1 amide bonds. The molecule has 1 fully saturated rings. The van der Waals surface area contributed by atoms with Crippen molar-refractivity contribution < 1.29 is 9.18 Å². The van der Waals surface area contributed by atoms with Gasteiger partial charge in [0.05, 0.1) is 17.7 Å². The van der Waals surface area contributed by atoms with E-state index in [1.165, 1.54) is 24.4 Å². The molecule has 148 valence electrons. The molecule has 0 bridgehead atoms. The number of aromatic nitrogens is 3. The van der Waals surface area contributed by atoms with Crippen LogP contribution in [0.2, 0.25) is 0 Å². The molecule has 1 aliphatic rings. The van der Waals surface area contributed by atoms with Crippen molar-refractivity contribution in [1.29, 1.82) is 0 Å². The lowest BCUT2D eigenvalue weighted by Gasteiger charge is -2.16. The van der Waals surface area contributed by atoms with Gasteiger partial charge in [-0.15, -0.1) is 0 Å². The van der Waals surface area contributed by atoms with Crippen molar-refractivity contribution in [3.8, 4) is 11.3 Å². The number of nitrogens with one attached hydrogen (secondary N) is 2. The van der Waals surface area contributed by atoms with E-state index in [9.17, 15) is 18.8 Å². The number of carbonyl (C=O) groups excluding carboxylic acids is 1. The van der Waals surface area contributed by atoms with Crippen LogP contribution in [-0.4, -0.2) is 38.8 Å². The fourth-order valence-corrected chi connectivity index (χ4v) is 3.53. The first-order valence-electron chi connectivity index (χ1n) is 9.31. The van der Waals surface area contributed by atoms with E-state index in [-0.39, 0.29) is 35.2 Å². The van der Waals surface area contributed by atoms with Gasteiger partial charge >= 0.3 is 0 Å². The monoisotopic (exact) mass is 394 g/mol. The van der Waals surface area contributed by atoms with Crippen LogP contribution in [0.4, 0.5) is 4.39 Å². The maximum atomic E-state index is 13.0. The molecule has 3 aromatic rings. The summed E-state index contributed by atoms with van der Waals surface area (Å²) in [5, 5.41) is 0. The average molecular weight is 394 g/mol. The van der Waals surface area contributed by atoms with Crippen molar-refractivity contribution in [2.45, 2.75) is 18.8 Å². The second kappa shape index (κ2) is 7.83. The Kier molecular flexibility index (Phi) is 5.07. The zero-order chi connectivity index (χ0) is 20.4. The molecule has 7 nitrogen and oxygen atoms in total. The molecule has 8 heteroatoms. The zero-order valence-electron chi connectivity index (χ0n) is 15.5. The number of H-pyrrole nitrogens is 2. The Morgan fingerprint density at radius 2 is 2.00 bits per heavy atom. The predicted molar refractivity (Wildman–Crippen MR) is 105 cm³/mol. The van der Waals surface area contributed by atoms with Crippen LogP contribution >= 0.6 is 0 Å². The lowest BCUT2D eigenvalue weighted by molar-refractivity contribution is -0.129. The number of aromatic amines is 2. The van der Waals surface area contributed by atoms with Gasteiger partial charge < -0.3 is 14.9 Å². The molecule has 1 atom stereocenters. The van der Waals surface area contributed by atoms with Gasteiger partial charge in [0.15, 0.2) is 0 Å². The zero-order valence-corrected chi connectivity index (χ0v) is 15.5. The molecule has 0 aliphatic carbocycles. The Bertz CT molecular complexity index is 1150. The predicted octanol–water partition coefficient (Wildman–Crippen LogP) is 1.82. The molecule has 3 heterocycles. The quantitative estimate of drug-likeness (QED) is 0.705. The molecular formula is C21H19FN4O3. The lowest BCUT2D eigenvalue weighted by atomic mass is 10.1. The second-order valence-corrected chi connectivity index (χ2v) is 7.06. The maximum Gasteiger partial charge on any atom is 0.257 e. The minimum absolute atomic E-state index is 0.0582. The Hall–Kier alpha value is -3.55. The van der Waals surface area contributed by atoms with E-state index in [2.05, 4.69) is 15.0 Å². The Labute approximate surface area is 165 Å². The molecule has 1 aromatic carbocycles. The molecule has 2 aromatic heterocycles. The molecule has 4 rings (SSSR count). The number of hydrogen-bond acceptors (Lipinski definition) is 4. The summed E-state index contributed by atoms with van der Waals surface area (Å²) in [7, 11) is 0. The van der Waals surface area contributed by atoms with Crippen molar-refractivity contribution in [3.05, 3.63) is 86.6 Å². The van der Waals surface area contributed by atoms with Crippen molar-refractivity contribution in [1.82, 2.24) is 19.9 Å². The summed E-state index contributed by atoms with van der Waals surface area (Å²) in [5.41, 5.74) is 0.712. The van der Waals surface area contributed by atoms with Crippen molar-refractivity contribution in [2.75, 3.05) is 13.1 Å². The number of amides is 1. The fourth-order valence-electron chi connectivity index (χ4n) is 3.53. The van der Waals surface area contributed by atoms with Crippen LogP contribution < -0.4 is 11.1 Å². The Morgan fingerprint density at radius 3 is 2.76 bits per heavy atom. The van der Waals surface area contributed by atoms with Gasteiger partial charge in [-0.25, -0.2) is 9.37 Å². The minimum Gasteiger partial charge on any atom is -0.342 e. The van der Waals surface area contributed by atoms with E-state index in [4.69, 9.17) is 0 Å². The van der Waals surface area contributed by atoms with Gasteiger partial charge in [-0.05, 0) is 36.2 Å². The highest BCUT2D eigenvalue weighted by atomic mass is 19.1. The van der Waals surface area contributed by atoms with Crippen molar-refractivity contribution in [3.63, 3.8) is 0 Å². The average Bonchev–Trinajstić information content (AvgIpc) is 3.20. The molecule has 29 heavy (non-hydrogen) atoms. The number of rotatable bonds is 4. The number of carbonyl (C=O) groups is 1. The van der Waals surface area contributed by atoms with Crippen molar-refractivity contribution in [2.24, 2.45) is 0 Å². The molecule has 0 radical (unpaired) electrons. The van der Waals surface area contributed by atoms with Crippen LogP contribution in [0.5, 0.6) is 0 Å². The molecule has 2 N–H and O–H groups in total. The summed E-state index contributed by atoms with van der Waals surface area (Å²) >= 11 is 0. The highest BCUT2D eigenvalue weighted by Gasteiger charge is 2.29. The van der Waals surface area contributed by atoms with E-state index >= 15 is 0 Å². The second-order valence-electron chi connectivity index (χ2n) is 7.06. The van der Waals surface area contributed by atoms with Crippen molar-refractivity contribution >= 4 is 5.91 Å².